The summed E-state index contributed by atoms with van der Waals surface area (Å²) in [7, 11) is 0. The highest BCUT2D eigenvalue weighted by Crippen LogP contribution is 2.37. The number of aryl methyl sites for hydroxylation is 2. The van der Waals surface area contributed by atoms with Gasteiger partial charge in [-0.3, -0.25) is 9.69 Å². The number of likely N-dealkylation sites (tertiary alicyclic amines) is 1. The highest BCUT2D eigenvalue weighted by atomic mass is 16.5. The average Bonchev–Trinajstić information content (AvgIpc) is 2.86. The molecule has 2 aliphatic rings. The Labute approximate surface area is 168 Å². The summed E-state index contributed by atoms with van der Waals surface area (Å²) in [4.78, 5) is 16.7. The van der Waals surface area contributed by atoms with Crippen LogP contribution in [-0.4, -0.2) is 43.7 Å². The van der Waals surface area contributed by atoms with E-state index in [9.17, 15) is 4.79 Å². The lowest BCUT2D eigenvalue weighted by atomic mass is 9.96. The van der Waals surface area contributed by atoms with Crippen molar-refractivity contribution in [2.45, 2.75) is 32.6 Å². The molecule has 2 aliphatic heterocycles. The van der Waals surface area contributed by atoms with Crippen LogP contribution in [0, 0.1) is 5.92 Å². The molecule has 0 radical (unpaired) electrons. The topological polar surface area (TPSA) is 32.8 Å². The van der Waals surface area contributed by atoms with Crippen LogP contribution in [0.25, 0.3) is 0 Å². The third-order valence-electron chi connectivity index (χ3n) is 5.93. The fraction of sp³-hybridized carbons (Fsp3) is 0.458. The van der Waals surface area contributed by atoms with Crippen LogP contribution in [0.5, 0.6) is 0 Å². The van der Waals surface area contributed by atoms with Gasteiger partial charge in [0.1, 0.15) is 0 Å². The first-order valence-corrected chi connectivity index (χ1v) is 10.6. The monoisotopic (exact) mass is 378 g/mol. The fourth-order valence-electron chi connectivity index (χ4n) is 4.66. The first-order chi connectivity index (χ1) is 13.7. The number of carbonyl (C=O) groups excluding carboxylic acids is 1. The van der Waals surface area contributed by atoms with Crippen molar-refractivity contribution in [3.63, 3.8) is 0 Å². The molecule has 1 atom stereocenters. The molecule has 2 aromatic carbocycles. The first kappa shape index (κ1) is 19.0. The molecular formula is C24H30N2O2. The van der Waals surface area contributed by atoms with E-state index >= 15 is 0 Å². The Morgan fingerprint density at radius 1 is 1.04 bits per heavy atom. The van der Waals surface area contributed by atoms with Crippen LogP contribution in [0.15, 0.2) is 48.5 Å². The van der Waals surface area contributed by atoms with Crippen molar-refractivity contribution in [1.29, 1.82) is 0 Å². The predicted octanol–water partition coefficient (Wildman–Crippen LogP) is 4.20. The molecule has 0 N–H and O–H groups in total. The van der Waals surface area contributed by atoms with Gasteiger partial charge in [-0.2, -0.15) is 0 Å². The van der Waals surface area contributed by atoms with E-state index in [1.165, 1.54) is 28.9 Å². The van der Waals surface area contributed by atoms with E-state index in [1.54, 1.807) is 0 Å². The number of fused-ring (bicyclic) bond motifs is 2. The minimum atomic E-state index is -0.103. The predicted molar refractivity (Wildman–Crippen MR) is 113 cm³/mol. The van der Waals surface area contributed by atoms with Crippen LogP contribution < -0.4 is 4.90 Å². The van der Waals surface area contributed by atoms with Crippen LogP contribution in [0.1, 0.15) is 30.9 Å². The molecule has 2 heterocycles. The minimum absolute atomic E-state index is 0.103. The number of hydrogen-bond donors (Lipinski definition) is 0. The van der Waals surface area contributed by atoms with Gasteiger partial charge in [0.2, 0.25) is 0 Å². The molecule has 0 aliphatic carbocycles. The lowest BCUT2D eigenvalue weighted by Crippen LogP contribution is -2.42. The number of para-hydroxylation sites is 2. The van der Waals surface area contributed by atoms with E-state index in [-0.39, 0.29) is 5.97 Å². The summed E-state index contributed by atoms with van der Waals surface area (Å²) < 4.78 is 5.15. The number of esters is 1. The smallest absolute Gasteiger partial charge is 0.320 e. The quantitative estimate of drug-likeness (QED) is 0.730. The number of anilines is 2. The van der Waals surface area contributed by atoms with E-state index in [2.05, 4.69) is 58.3 Å². The van der Waals surface area contributed by atoms with Gasteiger partial charge < -0.3 is 9.64 Å². The van der Waals surface area contributed by atoms with E-state index in [1.807, 2.05) is 6.92 Å². The maximum atomic E-state index is 11.9. The van der Waals surface area contributed by atoms with E-state index < -0.39 is 0 Å². The second-order valence-electron chi connectivity index (χ2n) is 7.92. The van der Waals surface area contributed by atoms with Gasteiger partial charge >= 0.3 is 5.97 Å². The van der Waals surface area contributed by atoms with Crippen LogP contribution in [0.2, 0.25) is 0 Å². The van der Waals surface area contributed by atoms with Crippen molar-refractivity contribution >= 4 is 17.3 Å². The van der Waals surface area contributed by atoms with Crippen molar-refractivity contribution < 1.29 is 9.53 Å². The van der Waals surface area contributed by atoms with Gasteiger partial charge in [-0.05, 0) is 68.3 Å². The second kappa shape index (κ2) is 8.78. The summed E-state index contributed by atoms with van der Waals surface area (Å²) >= 11 is 0. The Morgan fingerprint density at radius 2 is 1.68 bits per heavy atom. The van der Waals surface area contributed by atoms with Crippen molar-refractivity contribution in [2.24, 2.45) is 5.92 Å². The number of ether oxygens (including phenoxy) is 1. The van der Waals surface area contributed by atoms with E-state index in [0.717, 1.165) is 38.9 Å². The molecule has 2 aromatic rings. The summed E-state index contributed by atoms with van der Waals surface area (Å²) in [5.74, 6) is 0.441. The number of benzene rings is 2. The number of piperidine rings is 1. The van der Waals surface area contributed by atoms with Crippen LogP contribution in [0.4, 0.5) is 11.4 Å². The zero-order valence-electron chi connectivity index (χ0n) is 16.8. The van der Waals surface area contributed by atoms with E-state index in [4.69, 9.17) is 4.74 Å². The summed E-state index contributed by atoms with van der Waals surface area (Å²) in [5.41, 5.74) is 5.54. The molecule has 0 aromatic heterocycles. The summed E-state index contributed by atoms with van der Waals surface area (Å²) in [6.07, 6.45) is 4.52. The third kappa shape index (κ3) is 4.22. The van der Waals surface area contributed by atoms with Gasteiger partial charge in [-0.15, -0.1) is 0 Å². The standard InChI is InChI=1S/C24H30N2O2/c1-2-28-24(27)18-25-15-7-8-19(16-25)17-26-22-11-5-3-9-20(22)13-14-21-10-4-6-12-23(21)26/h3-6,9-12,19H,2,7-8,13-18H2,1H3. The van der Waals surface area contributed by atoms with Crippen LogP contribution >= 0.6 is 0 Å². The zero-order valence-corrected chi connectivity index (χ0v) is 16.8. The molecule has 28 heavy (non-hydrogen) atoms. The summed E-state index contributed by atoms with van der Waals surface area (Å²) in [6.45, 7) is 5.68. The van der Waals surface area contributed by atoms with Crippen molar-refractivity contribution in [3.8, 4) is 0 Å². The zero-order chi connectivity index (χ0) is 19.3. The first-order valence-electron chi connectivity index (χ1n) is 10.6. The molecular weight excluding hydrogens is 348 g/mol. The van der Waals surface area contributed by atoms with Crippen LogP contribution in [-0.2, 0) is 22.4 Å². The Kier molecular flexibility index (Phi) is 5.96. The Morgan fingerprint density at radius 3 is 2.32 bits per heavy atom. The van der Waals surface area contributed by atoms with Crippen molar-refractivity contribution in [2.75, 3.05) is 37.7 Å². The molecule has 0 spiro atoms. The Balaban J connectivity index is 1.54. The average molecular weight is 379 g/mol. The second-order valence-corrected chi connectivity index (χ2v) is 7.92. The van der Waals surface area contributed by atoms with Gasteiger partial charge in [-0.25, -0.2) is 0 Å². The molecule has 4 rings (SSSR count). The third-order valence-corrected chi connectivity index (χ3v) is 5.93. The van der Waals surface area contributed by atoms with Gasteiger partial charge in [0.25, 0.3) is 0 Å². The van der Waals surface area contributed by atoms with Crippen molar-refractivity contribution in [1.82, 2.24) is 4.90 Å². The molecule has 0 saturated carbocycles. The molecule has 0 amide bonds. The highest BCUT2D eigenvalue weighted by molar-refractivity contribution is 5.72. The number of nitrogens with zero attached hydrogens (tertiary/aromatic N) is 2. The summed E-state index contributed by atoms with van der Waals surface area (Å²) in [6, 6.07) is 17.6. The number of carbonyl (C=O) groups is 1. The van der Waals surface area contributed by atoms with Gasteiger partial charge in [0.15, 0.2) is 0 Å². The Bertz CT molecular complexity index is 772. The number of rotatable bonds is 5. The molecule has 4 heteroatoms. The molecule has 4 nitrogen and oxygen atoms in total. The Hall–Kier alpha value is -2.33. The summed E-state index contributed by atoms with van der Waals surface area (Å²) in [5, 5.41) is 0. The van der Waals surface area contributed by atoms with Gasteiger partial charge in [0, 0.05) is 24.5 Å². The largest absolute Gasteiger partial charge is 0.465 e. The molecule has 1 fully saturated rings. The van der Waals surface area contributed by atoms with E-state index in [0.29, 0.717) is 19.1 Å². The highest BCUT2D eigenvalue weighted by Gasteiger charge is 2.27. The minimum Gasteiger partial charge on any atom is -0.465 e. The maximum absolute atomic E-state index is 11.9. The van der Waals surface area contributed by atoms with Crippen molar-refractivity contribution in [3.05, 3.63) is 59.7 Å². The lowest BCUT2D eigenvalue weighted by Gasteiger charge is -2.36. The molecule has 0 bridgehead atoms. The normalized spacial score (nSPS) is 19.5. The maximum Gasteiger partial charge on any atom is 0.320 e. The van der Waals surface area contributed by atoms with Gasteiger partial charge in [-0.1, -0.05) is 36.4 Å². The molecule has 1 unspecified atom stereocenters. The van der Waals surface area contributed by atoms with Crippen LogP contribution in [0.3, 0.4) is 0 Å². The number of hydrogen-bond acceptors (Lipinski definition) is 4. The SMILES string of the molecule is CCOC(=O)CN1CCCC(CN2c3ccccc3CCc3ccccc32)C1. The molecule has 148 valence electrons. The lowest BCUT2D eigenvalue weighted by molar-refractivity contribution is -0.144. The fourth-order valence-corrected chi connectivity index (χ4v) is 4.66. The van der Waals surface area contributed by atoms with Gasteiger partial charge in [0.05, 0.1) is 13.2 Å². The molecule has 1 saturated heterocycles.